The molecule has 2 rings (SSSR count). The Balaban J connectivity index is 1.85. The number of amides is 1. The molecule has 0 aromatic heterocycles. The van der Waals surface area contributed by atoms with E-state index in [1.54, 1.807) is 6.08 Å². The quantitative estimate of drug-likeness (QED) is 0.715. The van der Waals surface area contributed by atoms with Gasteiger partial charge in [-0.25, -0.2) is 0 Å². The highest BCUT2D eigenvalue weighted by atomic mass is 79.9. The van der Waals surface area contributed by atoms with E-state index in [0.29, 0.717) is 18.3 Å². The molecule has 5 heteroatoms. The molecule has 0 bridgehead atoms. The number of hydrogen-bond donors (Lipinski definition) is 2. The van der Waals surface area contributed by atoms with Crippen LogP contribution in [0.25, 0.3) is 0 Å². The van der Waals surface area contributed by atoms with E-state index in [4.69, 9.17) is 4.74 Å². The molecule has 0 saturated heterocycles. The molecule has 1 saturated carbocycles. The van der Waals surface area contributed by atoms with E-state index in [1.165, 1.54) is 12.8 Å². The van der Waals surface area contributed by atoms with Crippen molar-refractivity contribution in [1.82, 2.24) is 10.6 Å². The number of halogens is 1. The molecular formula is C15H19BrN2O2. The molecule has 1 aromatic carbocycles. The van der Waals surface area contributed by atoms with Gasteiger partial charge in [0, 0.05) is 23.6 Å². The third-order valence-electron chi connectivity index (χ3n) is 2.99. The van der Waals surface area contributed by atoms with Crippen molar-refractivity contribution in [2.45, 2.75) is 25.4 Å². The zero-order valence-electron chi connectivity index (χ0n) is 11.3. The minimum Gasteiger partial charge on any atom is -0.484 e. The fraction of sp³-hybridized carbons (Fsp3) is 0.400. The van der Waals surface area contributed by atoms with Crippen LogP contribution in [0.15, 0.2) is 35.3 Å². The van der Waals surface area contributed by atoms with Crippen molar-refractivity contribution in [2.24, 2.45) is 0 Å². The molecule has 0 heterocycles. The molecule has 1 aliphatic carbocycles. The van der Waals surface area contributed by atoms with Gasteiger partial charge in [-0.2, -0.15) is 0 Å². The zero-order valence-corrected chi connectivity index (χ0v) is 12.9. The van der Waals surface area contributed by atoms with Gasteiger partial charge < -0.3 is 15.4 Å². The molecule has 0 radical (unpaired) electrons. The Morgan fingerprint density at radius 3 is 3.00 bits per heavy atom. The second-order valence-electron chi connectivity index (χ2n) is 4.79. The van der Waals surface area contributed by atoms with Crippen LogP contribution in [0.4, 0.5) is 0 Å². The van der Waals surface area contributed by atoms with E-state index >= 15 is 0 Å². The average Bonchev–Trinajstić information content (AvgIpc) is 3.27. The molecule has 2 N–H and O–H groups in total. The molecular weight excluding hydrogens is 320 g/mol. The van der Waals surface area contributed by atoms with Crippen molar-refractivity contribution in [1.29, 1.82) is 0 Å². The van der Waals surface area contributed by atoms with Crippen LogP contribution < -0.4 is 15.4 Å². The summed E-state index contributed by atoms with van der Waals surface area (Å²) in [6.45, 7) is 4.83. The SMILES string of the molecule is C=CCNC(=O)COc1ccc(Br)c(CNC2CC2)c1. The smallest absolute Gasteiger partial charge is 0.258 e. The lowest BCUT2D eigenvalue weighted by Crippen LogP contribution is -2.28. The summed E-state index contributed by atoms with van der Waals surface area (Å²) in [5.74, 6) is 0.556. The van der Waals surface area contributed by atoms with E-state index in [1.807, 2.05) is 18.2 Å². The number of rotatable bonds is 8. The van der Waals surface area contributed by atoms with Crippen LogP contribution in [0.1, 0.15) is 18.4 Å². The largest absolute Gasteiger partial charge is 0.484 e. The predicted octanol–water partition coefficient (Wildman–Crippen LogP) is 2.38. The fourth-order valence-electron chi connectivity index (χ4n) is 1.70. The Hall–Kier alpha value is -1.33. The fourth-order valence-corrected chi connectivity index (χ4v) is 2.09. The van der Waals surface area contributed by atoms with Crippen LogP contribution >= 0.6 is 15.9 Å². The second kappa shape index (κ2) is 7.45. The van der Waals surface area contributed by atoms with Crippen molar-refractivity contribution in [2.75, 3.05) is 13.2 Å². The second-order valence-corrected chi connectivity index (χ2v) is 5.64. The lowest BCUT2D eigenvalue weighted by Gasteiger charge is -2.10. The minimum atomic E-state index is -0.148. The Morgan fingerprint density at radius 1 is 1.50 bits per heavy atom. The Kier molecular flexibility index (Phi) is 5.61. The number of benzene rings is 1. The minimum absolute atomic E-state index is 0.0188. The molecule has 1 aliphatic rings. The molecule has 0 aliphatic heterocycles. The number of carbonyl (C=O) groups excluding carboxylic acids is 1. The first-order valence-electron chi connectivity index (χ1n) is 6.71. The first-order valence-corrected chi connectivity index (χ1v) is 7.50. The standard InChI is InChI=1S/C15H19BrN2O2/c1-2-7-17-15(19)10-20-13-5-6-14(16)11(8-13)9-18-12-3-4-12/h2,5-6,8,12,18H,1,3-4,7,9-10H2,(H,17,19). The highest BCUT2D eigenvalue weighted by Gasteiger charge is 2.20. The monoisotopic (exact) mass is 338 g/mol. The van der Waals surface area contributed by atoms with E-state index in [9.17, 15) is 4.79 Å². The summed E-state index contributed by atoms with van der Waals surface area (Å²) in [6.07, 6.45) is 4.16. The van der Waals surface area contributed by atoms with Gasteiger partial charge in [-0.05, 0) is 36.6 Å². The van der Waals surface area contributed by atoms with E-state index in [-0.39, 0.29) is 12.5 Å². The van der Waals surface area contributed by atoms with Crippen LogP contribution in [-0.4, -0.2) is 25.1 Å². The van der Waals surface area contributed by atoms with Gasteiger partial charge in [0.05, 0.1) is 0 Å². The number of hydrogen-bond acceptors (Lipinski definition) is 3. The summed E-state index contributed by atoms with van der Waals surface area (Å²) in [4.78, 5) is 11.4. The third-order valence-corrected chi connectivity index (χ3v) is 3.76. The average molecular weight is 339 g/mol. The summed E-state index contributed by atoms with van der Waals surface area (Å²) in [5, 5.41) is 6.13. The van der Waals surface area contributed by atoms with Crippen LogP contribution in [0.2, 0.25) is 0 Å². The van der Waals surface area contributed by atoms with Gasteiger partial charge in [0.25, 0.3) is 5.91 Å². The van der Waals surface area contributed by atoms with Crippen LogP contribution in [-0.2, 0) is 11.3 Å². The van der Waals surface area contributed by atoms with Crippen LogP contribution in [0.5, 0.6) is 5.75 Å². The first-order chi connectivity index (χ1) is 9.69. The maximum Gasteiger partial charge on any atom is 0.258 e. The predicted molar refractivity (Wildman–Crippen MR) is 82.7 cm³/mol. The van der Waals surface area contributed by atoms with Crippen molar-refractivity contribution in [3.8, 4) is 5.75 Å². The Bertz CT molecular complexity index is 487. The summed E-state index contributed by atoms with van der Waals surface area (Å²) < 4.78 is 6.54. The van der Waals surface area contributed by atoms with Crippen LogP contribution in [0, 0.1) is 0 Å². The van der Waals surface area contributed by atoms with Gasteiger partial charge >= 0.3 is 0 Å². The van der Waals surface area contributed by atoms with Gasteiger partial charge in [-0.3, -0.25) is 4.79 Å². The molecule has 108 valence electrons. The van der Waals surface area contributed by atoms with Gasteiger partial charge in [-0.1, -0.05) is 22.0 Å². The van der Waals surface area contributed by atoms with E-state index < -0.39 is 0 Å². The third kappa shape index (κ3) is 4.98. The summed E-state index contributed by atoms with van der Waals surface area (Å²) in [5.41, 5.74) is 1.14. The molecule has 20 heavy (non-hydrogen) atoms. The first kappa shape index (κ1) is 15.1. The molecule has 1 fully saturated rings. The summed E-state index contributed by atoms with van der Waals surface area (Å²) in [6, 6.07) is 6.42. The number of carbonyl (C=O) groups is 1. The van der Waals surface area contributed by atoms with E-state index in [2.05, 4.69) is 33.1 Å². The topological polar surface area (TPSA) is 50.4 Å². The Labute approximate surface area is 127 Å². The number of ether oxygens (including phenoxy) is 1. The maximum atomic E-state index is 11.4. The summed E-state index contributed by atoms with van der Waals surface area (Å²) in [7, 11) is 0. The molecule has 1 amide bonds. The van der Waals surface area contributed by atoms with Gasteiger partial charge in [-0.15, -0.1) is 6.58 Å². The molecule has 1 aromatic rings. The zero-order chi connectivity index (χ0) is 14.4. The molecule has 0 atom stereocenters. The maximum absolute atomic E-state index is 11.4. The van der Waals surface area contributed by atoms with Gasteiger partial charge in [0.15, 0.2) is 6.61 Å². The highest BCUT2D eigenvalue weighted by molar-refractivity contribution is 9.10. The van der Waals surface area contributed by atoms with Crippen molar-refractivity contribution in [3.05, 3.63) is 40.9 Å². The Morgan fingerprint density at radius 2 is 2.30 bits per heavy atom. The highest BCUT2D eigenvalue weighted by Crippen LogP contribution is 2.25. The van der Waals surface area contributed by atoms with Gasteiger partial charge in [0.1, 0.15) is 5.75 Å². The van der Waals surface area contributed by atoms with Gasteiger partial charge in [0.2, 0.25) is 0 Å². The van der Waals surface area contributed by atoms with Crippen molar-refractivity contribution >= 4 is 21.8 Å². The molecule has 0 spiro atoms. The van der Waals surface area contributed by atoms with Crippen molar-refractivity contribution < 1.29 is 9.53 Å². The van der Waals surface area contributed by atoms with E-state index in [0.717, 1.165) is 16.6 Å². The molecule has 4 nitrogen and oxygen atoms in total. The molecule has 0 unspecified atom stereocenters. The van der Waals surface area contributed by atoms with Crippen LogP contribution in [0.3, 0.4) is 0 Å². The normalized spacial score (nSPS) is 13.8. The lowest BCUT2D eigenvalue weighted by atomic mass is 10.2. The van der Waals surface area contributed by atoms with Crippen molar-refractivity contribution in [3.63, 3.8) is 0 Å². The number of nitrogens with one attached hydrogen (secondary N) is 2. The summed E-state index contributed by atoms with van der Waals surface area (Å²) >= 11 is 3.53. The lowest BCUT2D eigenvalue weighted by molar-refractivity contribution is -0.122.